The second-order valence-corrected chi connectivity index (χ2v) is 10.9. The summed E-state index contributed by atoms with van der Waals surface area (Å²) in [5, 5.41) is 15.4. The van der Waals surface area contributed by atoms with Gasteiger partial charge in [0.1, 0.15) is 17.2 Å². The van der Waals surface area contributed by atoms with E-state index in [9.17, 15) is 17.6 Å². The molecule has 1 saturated carbocycles. The van der Waals surface area contributed by atoms with Crippen molar-refractivity contribution in [2.45, 2.75) is 51.7 Å². The van der Waals surface area contributed by atoms with Crippen LogP contribution in [0.25, 0.3) is 11.5 Å². The molecule has 2 N–H and O–H groups in total. The molecule has 2 aromatic heterocycles. The van der Waals surface area contributed by atoms with Crippen LogP contribution in [0, 0.1) is 18.7 Å². The molecule has 3 aromatic rings. The van der Waals surface area contributed by atoms with E-state index in [1.165, 1.54) is 36.4 Å². The van der Waals surface area contributed by atoms with E-state index in [4.69, 9.17) is 4.74 Å². The van der Waals surface area contributed by atoms with Crippen LogP contribution in [0.1, 0.15) is 47.6 Å². The van der Waals surface area contributed by atoms with Gasteiger partial charge < -0.3 is 10.1 Å². The molecule has 0 aliphatic heterocycles. The number of ether oxygens (including phenoxy) is 1. The molecule has 12 nitrogen and oxygen atoms in total. The molecule has 1 fully saturated rings. The summed E-state index contributed by atoms with van der Waals surface area (Å²) < 4.78 is 44.1. The SMILES string of the molecule is COc1cc(CNC(=O)c2cc(-c3nnn(C[C@H]4CC[C@H](NS(C)(=O)=O)CC4)n3)nc(C)n2)ccc1F. The Labute approximate surface area is 214 Å². The number of hydrogen-bond acceptors (Lipinski definition) is 9. The molecule has 1 amide bonds. The van der Waals surface area contributed by atoms with Crippen molar-refractivity contribution in [3.63, 3.8) is 0 Å². The van der Waals surface area contributed by atoms with E-state index in [0.717, 1.165) is 25.7 Å². The Bertz CT molecular complexity index is 1370. The fraction of sp³-hybridized carbons (Fsp3) is 0.478. The summed E-state index contributed by atoms with van der Waals surface area (Å²) in [6.45, 7) is 2.37. The second-order valence-electron chi connectivity index (χ2n) is 9.11. The lowest BCUT2D eigenvalue weighted by molar-refractivity contribution is 0.0945. The van der Waals surface area contributed by atoms with Crippen LogP contribution in [0.2, 0.25) is 0 Å². The minimum atomic E-state index is -3.21. The lowest BCUT2D eigenvalue weighted by Gasteiger charge is -2.27. The topological polar surface area (TPSA) is 154 Å². The van der Waals surface area contributed by atoms with Crippen LogP contribution in [-0.2, 0) is 23.1 Å². The maximum atomic E-state index is 13.6. The normalized spacial score (nSPS) is 17.9. The monoisotopic (exact) mass is 532 g/mol. The summed E-state index contributed by atoms with van der Waals surface area (Å²) in [6.07, 6.45) is 4.38. The van der Waals surface area contributed by atoms with Crippen LogP contribution >= 0.6 is 0 Å². The number of tetrazole rings is 1. The molecule has 0 unspecified atom stereocenters. The molecular formula is C23H29FN8O4S. The third kappa shape index (κ3) is 7.26. The van der Waals surface area contributed by atoms with Gasteiger partial charge in [-0.1, -0.05) is 6.07 Å². The summed E-state index contributed by atoms with van der Waals surface area (Å²) in [4.78, 5) is 22.8. The quantitative estimate of drug-likeness (QED) is 0.418. The van der Waals surface area contributed by atoms with Gasteiger partial charge in [0, 0.05) is 12.6 Å². The number of methoxy groups -OCH3 is 1. The zero-order valence-corrected chi connectivity index (χ0v) is 21.6. The van der Waals surface area contributed by atoms with Crippen LogP contribution in [0.4, 0.5) is 4.39 Å². The van der Waals surface area contributed by atoms with Crippen LogP contribution in [0.5, 0.6) is 5.75 Å². The molecule has 0 spiro atoms. The molecular weight excluding hydrogens is 503 g/mol. The summed E-state index contributed by atoms with van der Waals surface area (Å²) in [6, 6.07) is 5.82. The van der Waals surface area contributed by atoms with Crippen LogP contribution in [-0.4, -0.2) is 63.9 Å². The fourth-order valence-corrected chi connectivity index (χ4v) is 5.15. The zero-order valence-electron chi connectivity index (χ0n) is 20.8. The lowest BCUT2D eigenvalue weighted by Crippen LogP contribution is -2.37. The molecule has 4 rings (SSSR count). The van der Waals surface area contributed by atoms with Gasteiger partial charge in [-0.2, -0.15) is 4.80 Å². The van der Waals surface area contributed by atoms with E-state index in [-0.39, 0.29) is 29.9 Å². The Hall–Kier alpha value is -3.52. The molecule has 0 bridgehead atoms. The number of aromatic nitrogens is 6. The number of aryl methyl sites for hydroxylation is 1. The van der Waals surface area contributed by atoms with Gasteiger partial charge in [-0.3, -0.25) is 4.79 Å². The van der Waals surface area contributed by atoms with Gasteiger partial charge >= 0.3 is 0 Å². The van der Waals surface area contributed by atoms with Gasteiger partial charge in [0.2, 0.25) is 15.8 Å². The Balaban J connectivity index is 1.38. The molecule has 0 saturated heterocycles. The van der Waals surface area contributed by atoms with E-state index in [1.54, 1.807) is 13.0 Å². The van der Waals surface area contributed by atoms with Gasteiger partial charge in [-0.25, -0.2) is 27.5 Å². The number of amides is 1. The Morgan fingerprint density at radius 2 is 1.95 bits per heavy atom. The predicted molar refractivity (Wildman–Crippen MR) is 131 cm³/mol. The number of hydrogen-bond donors (Lipinski definition) is 2. The number of sulfonamides is 1. The van der Waals surface area contributed by atoms with E-state index in [1.807, 2.05) is 0 Å². The molecule has 2 heterocycles. The van der Waals surface area contributed by atoms with Crippen LogP contribution in [0.15, 0.2) is 24.3 Å². The summed E-state index contributed by atoms with van der Waals surface area (Å²) in [7, 11) is -1.84. The van der Waals surface area contributed by atoms with Crippen LogP contribution in [0.3, 0.4) is 0 Å². The van der Waals surface area contributed by atoms with Crippen molar-refractivity contribution < 1.29 is 22.3 Å². The summed E-state index contributed by atoms with van der Waals surface area (Å²) in [5.74, 6) is 0.139. The predicted octanol–water partition coefficient (Wildman–Crippen LogP) is 1.62. The average molecular weight is 533 g/mol. The first kappa shape index (κ1) is 26.5. The van der Waals surface area contributed by atoms with Crippen molar-refractivity contribution in [3.8, 4) is 17.3 Å². The number of halogens is 1. The third-order valence-corrected chi connectivity index (χ3v) is 6.83. The number of carbonyl (C=O) groups excluding carboxylic acids is 1. The lowest BCUT2D eigenvalue weighted by atomic mass is 9.86. The highest BCUT2D eigenvalue weighted by Crippen LogP contribution is 2.26. The molecule has 0 atom stereocenters. The van der Waals surface area contributed by atoms with Crippen molar-refractivity contribution in [2.24, 2.45) is 5.92 Å². The first-order valence-corrected chi connectivity index (χ1v) is 13.7. The van der Waals surface area contributed by atoms with Crippen molar-refractivity contribution in [1.82, 2.24) is 40.2 Å². The first-order chi connectivity index (χ1) is 17.6. The van der Waals surface area contributed by atoms with Gasteiger partial charge in [0.15, 0.2) is 11.6 Å². The minimum Gasteiger partial charge on any atom is -0.494 e. The Kier molecular flexibility index (Phi) is 8.07. The van der Waals surface area contributed by atoms with E-state index >= 15 is 0 Å². The minimum absolute atomic E-state index is 0.0378. The van der Waals surface area contributed by atoms with Crippen molar-refractivity contribution in [1.29, 1.82) is 0 Å². The highest BCUT2D eigenvalue weighted by atomic mass is 32.2. The van der Waals surface area contributed by atoms with E-state index in [0.29, 0.717) is 29.5 Å². The smallest absolute Gasteiger partial charge is 0.270 e. The van der Waals surface area contributed by atoms with E-state index < -0.39 is 21.7 Å². The molecule has 0 radical (unpaired) electrons. The molecule has 1 aliphatic carbocycles. The Morgan fingerprint density at radius 1 is 1.19 bits per heavy atom. The number of benzene rings is 1. The first-order valence-electron chi connectivity index (χ1n) is 11.8. The van der Waals surface area contributed by atoms with Gasteiger partial charge in [-0.15, -0.1) is 10.2 Å². The van der Waals surface area contributed by atoms with Crippen molar-refractivity contribution in [3.05, 3.63) is 47.2 Å². The molecule has 1 aromatic carbocycles. The molecule has 37 heavy (non-hydrogen) atoms. The second kappa shape index (κ2) is 11.3. The van der Waals surface area contributed by atoms with Crippen LogP contribution < -0.4 is 14.8 Å². The Morgan fingerprint density at radius 3 is 2.65 bits per heavy atom. The fourth-order valence-electron chi connectivity index (χ4n) is 4.31. The number of rotatable bonds is 9. The third-order valence-electron chi connectivity index (χ3n) is 6.07. The average Bonchev–Trinajstić information content (AvgIpc) is 3.32. The molecule has 198 valence electrons. The highest BCUT2D eigenvalue weighted by molar-refractivity contribution is 7.88. The van der Waals surface area contributed by atoms with Gasteiger partial charge in [-0.05, 0) is 67.5 Å². The maximum absolute atomic E-state index is 13.6. The van der Waals surface area contributed by atoms with Gasteiger partial charge in [0.25, 0.3) is 5.91 Å². The summed E-state index contributed by atoms with van der Waals surface area (Å²) >= 11 is 0. The number of carbonyl (C=O) groups is 1. The highest BCUT2D eigenvalue weighted by Gasteiger charge is 2.24. The standard InChI is InChI=1S/C23H29FN8O4S/c1-14-26-19(11-20(27-14)23(33)25-12-16-6-9-18(24)21(10-16)36-2)22-28-31-32(29-22)13-15-4-7-17(8-5-15)30-37(3,34)35/h6,9-11,15,17,30H,4-5,7-8,12-13H2,1-3H3,(H,25,33)/t15-,17-. The summed E-state index contributed by atoms with van der Waals surface area (Å²) in [5.41, 5.74) is 1.18. The zero-order chi connectivity index (χ0) is 26.6. The van der Waals surface area contributed by atoms with Gasteiger partial charge in [0.05, 0.1) is 19.9 Å². The molecule has 14 heteroatoms. The number of nitrogens with one attached hydrogen (secondary N) is 2. The van der Waals surface area contributed by atoms with E-state index in [2.05, 4.69) is 35.4 Å². The van der Waals surface area contributed by atoms with Crippen molar-refractivity contribution in [2.75, 3.05) is 13.4 Å². The number of nitrogens with zero attached hydrogens (tertiary/aromatic N) is 6. The largest absolute Gasteiger partial charge is 0.494 e. The van der Waals surface area contributed by atoms with Crippen molar-refractivity contribution >= 4 is 15.9 Å². The maximum Gasteiger partial charge on any atom is 0.270 e. The molecule has 1 aliphatic rings.